The lowest BCUT2D eigenvalue weighted by Gasteiger charge is -2.11. The smallest absolute Gasteiger partial charge is 0.0431 e. The summed E-state index contributed by atoms with van der Waals surface area (Å²) < 4.78 is 0. The summed E-state index contributed by atoms with van der Waals surface area (Å²) in [6.07, 6.45) is 0. The second-order valence-electron chi connectivity index (χ2n) is 3.42. The molecule has 1 aromatic carbocycles. The molecule has 0 unspecified atom stereocenters. The van der Waals surface area contributed by atoms with Crippen LogP contribution in [0.3, 0.4) is 0 Å². The van der Waals surface area contributed by atoms with E-state index in [0.29, 0.717) is 6.67 Å². The van der Waals surface area contributed by atoms with Crippen LogP contribution in [0.4, 0.5) is 0 Å². The topological polar surface area (TPSA) is 38.0 Å². The van der Waals surface area contributed by atoms with Crippen LogP contribution in [0.15, 0.2) is 12.1 Å². The average Bonchev–Trinajstić information content (AvgIpc) is 2.13. The molecule has 0 saturated heterocycles. The summed E-state index contributed by atoms with van der Waals surface area (Å²) in [6, 6.07) is 4.33. The minimum absolute atomic E-state index is 0.534. The van der Waals surface area contributed by atoms with E-state index in [4.69, 9.17) is 5.73 Å². The number of benzene rings is 1. The molecule has 0 atom stereocenters. The van der Waals surface area contributed by atoms with E-state index in [9.17, 15) is 0 Å². The first-order chi connectivity index (χ1) is 6.16. The van der Waals surface area contributed by atoms with Crippen LogP contribution in [0.2, 0.25) is 0 Å². The van der Waals surface area contributed by atoms with Crippen molar-refractivity contribution < 1.29 is 0 Å². The molecule has 0 fully saturated rings. The summed E-state index contributed by atoms with van der Waals surface area (Å²) in [5.74, 6) is 0. The molecular weight excluding hydrogens is 160 g/mol. The van der Waals surface area contributed by atoms with Crippen LogP contribution in [0.1, 0.15) is 22.3 Å². The molecule has 0 amide bonds. The first-order valence-corrected chi connectivity index (χ1v) is 4.63. The van der Waals surface area contributed by atoms with Crippen LogP contribution in [0, 0.1) is 20.8 Å². The highest BCUT2D eigenvalue weighted by molar-refractivity contribution is 5.38. The molecule has 13 heavy (non-hydrogen) atoms. The van der Waals surface area contributed by atoms with E-state index in [-0.39, 0.29) is 0 Å². The van der Waals surface area contributed by atoms with Crippen molar-refractivity contribution in [2.45, 2.75) is 27.3 Å². The zero-order chi connectivity index (χ0) is 9.84. The van der Waals surface area contributed by atoms with Crippen molar-refractivity contribution in [1.82, 2.24) is 5.32 Å². The Morgan fingerprint density at radius 1 is 1.15 bits per heavy atom. The zero-order valence-corrected chi connectivity index (χ0v) is 8.65. The van der Waals surface area contributed by atoms with Gasteiger partial charge in [-0.05, 0) is 43.0 Å². The van der Waals surface area contributed by atoms with Gasteiger partial charge in [0.05, 0.1) is 0 Å². The number of rotatable bonds is 3. The molecule has 1 aromatic rings. The van der Waals surface area contributed by atoms with E-state index in [1.165, 1.54) is 22.3 Å². The second-order valence-corrected chi connectivity index (χ2v) is 3.42. The van der Waals surface area contributed by atoms with E-state index in [1.807, 2.05) is 0 Å². The molecule has 0 heterocycles. The molecule has 0 aliphatic heterocycles. The van der Waals surface area contributed by atoms with Crippen LogP contribution < -0.4 is 11.1 Å². The normalized spacial score (nSPS) is 10.5. The minimum Gasteiger partial charge on any atom is -0.318 e. The van der Waals surface area contributed by atoms with Crippen molar-refractivity contribution in [1.29, 1.82) is 0 Å². The Kier molecular flexibility index (Phi) is 3.46. The molecule has 0 aromatic heterocycles. The standard InChI is InChI=1S/C11H18N2/c1-8-4-5-11(6-13-7-12)10(3)9(8)2/h4-5,13H,6-7,12H2,1-3H3. The first-order valence-electron chi connectivity index (χ1n) is 4.63. The molecule has 1 rings (SSSR count). The van der Waals surface area contributed by atoms with Gasteiger partial charge in [0, 0.05) is 13.2 Å². The number of hydrogen-bond acceptors (Lipinski definition) is 2. The lowest BCUT2D eigenvalue weighted by atomic mass is 9.99. The highest BCUT2D eigenvalue weighted by atomic mass is 14.9. The monoisotopic (exact) mass is 178 g/mol. The molecule has 2 heteroatoms. The molecular formula is C11H18N2. The SMILES string of the molecule is Cc1ccc(CNCN)c(C)c1C. The van der Waals surface area contributed by atoms with E-state index in [0.717, 1.165) is 6.54 Å². The summed E-state index contributed by atoms with van der Waals surface area (Å²) in [7, 11) is 0. The van der Waals surface area contributed by atoms with Gasteiger partial charge in [-0.25, -0.2) is 0 Å². The van der Waals surface area contributed by atoms with Crippen LogP contribution in [0.25, 0.3) is 0 Å². The lowest BCUT2D eigenvalue weighted by molar-refractivity contribution is 0.705. The molecule has 2 nitrogen and oxygen atoms in total. The fourth-order valence-electron chi connectivity index (χ4n) is 1.41. The predicted octanol–water partition coefficient (Wildman–Crippen LogP) is 1.62. The van der Waals surface area contributed by atoms with Crippen molar-refractivity contribution in [2.24, 2.45) is 5.73 Å². The number of nitrogens with two attached hydrogens (primary N) is 1. The second kappa shape index (κ2) is 4.40. The predicted molar refractivity (Wildman–Crippen MR) is 56.5 cm³/mol. The Morgan fingerprint density at radius 3 is 2.46 bits per heavy atom. The van der Waals surface area contributed by atoms with Gasteiger partial charge in [-0.15, -0.1) is 0 Å². The van der Waals surface area contributed by atoms with Crippen molar-refractivity contribution >= 4 is 0 Å². The van der Waals surface area contributed by atoms with Gasteiger partial charge in [0.1, 0.15) is 0 Å². The number of nitrogens with one attached hydrogen (secondary N) is 1. The third kappa shape index (κ3) is 2.29. The maximum absolute atomic E-state index is 5.38. The number of hydrogen-bond donors (Lipinski definition) is 2. The molecule has 3 N–H and O–H groups in total. The summed E-state index contributed by atoms with van der Waals surface area (Å²) in [5, 5.41) is 3.13. The van der Waals surface area contributed by atoms with Crippen LogP contribution in [0.5, 0.6) is 0 Å². The van der Waals surface area contributed by atoms with Gasteiger partial charge in [0.25, 0.3) is 0 Å². The Morgan fingerprint density at radius 2 is 1.85 bits per heavy atom. The van der Waals surface area contributed by atoms with Crippen molar-refractivity contribution in [2.75, 3.05) is 6.67 Å². The van der Waals surface area contributed by atoms with E-state index in [2.05, 4.69) is 38.2 Å². The summed E-state index contributed by atoms with van der Waals surface area (Å²) in [5.41, 5.74) is 10.8. The third-order valence-corrected chi connectivity index (χ3v) is 2.63. The lowest BCUT2D eigenvalue weighted by Crippen LogP contribution is -2.22. The largest absolute Gasteiger partial charge is 0.318 e. The highest BCUT2D eigenvalue weighted by Crippen LogP contribution is 2.16. The minimum atomic E-state index is 0.534. The average molecular weight is 178 g/mol. The Balaban J connectivity index is 2.90. The quantitative estimate of drug-likeness (QED) is 0.690. The Labute approximate surface area is 80.1 Å². The van der Waals surface area contributed by atoms with E-state index in [1.54, 1.807) is 0 Å². The summed E-state index contributed by atoms with van der Waals surface area (Å²) >= 11 is 0. The van der Waals surface area contributed by atoms with E-state index >= 15 is 0 Å². The highest BCUT2D eigenvalue weighted by Gasteiger charge is 2.02. The molecule has 0 saturated carbocycles. The van der Waals surface area contributed by atoms with Crippen molar-refractivity contribution in [3.63, 3.8) is 0 Å². The van der Waals surface area contributed by atoms with Gasteiger partial charge >= 0.3 is 0 Å². The van der Waals surface area contributed by atoms with Gasteiger partial charge < -0.3 is 11.1 Å². The fraction of sp³-hybridized carbons (Fsp3) is 0.455. The van der Waals surface area contributed by atoms with Crippen LogP contribution >= 0.6 is 0 Å². The van der Waals surface area contributed by atoms with Crippen LogP contribution in [-0.2, 0) is 6.54 Å². The number of aryl methyl sites for hydroxylation is 1. The van der Waals surface area contributed by atoms with Crippen LogP contribution in [-0.4, -0.2) is 6.67 Å². The Bertz CT molecular complexity index is 292. The van der Waals surface area contributed by atoms with Gasteiger partial charge in [0.15, 0.2) is 0 Å². The third-order valence-electron chi connectivity index (χ3n) is 2.63. The molecule has 0 bridgehead atoms. The fourth-order valence-corrected chi connectivity index (χ4v) is 1.41. The van der Waals surface area contributed by atoms with Crippen molar-refractivity contribution in [3.8, 4) is 0 Å². The molecule has 0 radical (unpaired) electrons. The molecule has 0 spiro atoms. The maximum atomic E-state index is 5.38. The van der Waals surface area contributed by atoms with Crippen molar-refractivity contribution in [3.05, 3.63) is 34.4 Å². The van der Waals surface area contributed by atoms with Gasteiger partial charge in [-0.3, -0.25) is 0 Å². The summed E-state index contributed by atoms with van der Waals surface area (Å²) in [4.78, 5) is 0. The zero-order valence-electron chi connectivity index (χ0n) is 8.65. The molecule has 0 aliphatic rings. The van der Waals surface area contributed by atoms with Gasteiger partial charge in [0.2, 0.25) is 0 Å². The van der Waals surface area contributed by atoms with Gasteiger partial charge in [-0.1, -0.05) is 12.1 Å². The first kappa shape index (κ1) is 10.2. The molecule has 72 valence electrons. The van der Waals surface area contributed by atoms with E-state index < -0.39 is 0 Å². The molecule has 0 aliphatic carbocycles. The van der Waals surface area contributed by atoms with Gasteiger partial charge in [-0.2, -0.15) is 0 Å². The summed E-state index contributed by atoms with van der Waals surface area (Å²) in [6.45, 7) is 7.87. The Hall–Kier alpha value is -0.860. The maximum Gasteiger partial charge on any atom is 0.0431 e.